The molecule has 2 bridgehead atoms. The molecule has 1 aromatic carbocycles. The highest BCUT2D eigenvalue weighted by Crippen LogP contribution is 2.72. The van der Waals surface area contributed by atoms with Gasteiger partial charge >= 0.3 is 5.97 Å². The number of H-pyrrole nitrogens is 1. The average Bonchev–Trinajstić information content (AvgIpc) is 3.19. The molecule has 3 aliphatic carbocycles. The second kappa shape index (κ2) is 7.60. The van der Waals surface area contributed by atoms with Gasteiger partial charge in [0.15, 0.2) is 11.5 Å². The van der Waals surface area contributed by atoms with Crippen molar-refractivity contribution in [1.29, 1.82) is 0 Å². The van der Waals surface area contributed by atoms with E-state index < -0.39 is 5.97 Å². The van der Waals surface area contributed by atoms with E-state index in [2.05, 4.69) is 25.4 Å². The number of carbonyl (C=O) groups is 1. The van der Waals surface area contributed by atoms with Crippen LogP contribution in [0.3, 0.4) is 0 Å². The first-order chi connectivity index (χ1) is 17.1. The standard InChI is InChI=1S/C25H23ClN6O4/c1-11-6-14(12(2)27-16-4-5-17(26)29-19(16)21(34)35)18-15(7-11)20(33)31-22(30-18)24-8-25(9-24,10-24)23-28-13(3)36-32-23/h4-7,12,27H,8-10H2,1-3H3,(H,34,35)(H,30,31,33)/t12-,24?,25?/m1/s1. The molecule has 11 heteroatoms. The number of hydrogen-bond donors (Lipinski definition) is 3. The summed E-state index contributed by atoms with van der Waals surface area (Å²) in [5, 5.41) is 17.5. The predicted octanol–water partition coefficient (Wildman–Crippen LogP) is 4.22. The second-order valence-corrected chi connectivity index (χ2v) is 10.5. The first kappa shape index (κ1) is 22.7. The van der Waals surface area contributed by atoms with Crippen LogP contribution in [-0.2, 0) is 10.8 Å². The van der Waals surface area contributed by atoms with Crippen LogP contribution in [-0.4, -0.2) is 36.2 Å². The maximum absolute atomic E-state index is 13.2. The van der Waals surface area contributed by atoms with Crippen molar-refractivity contribution in [2.24, 2.45) is 0 Å². The Labute approximate surface area is 210 Å². The van der Waals surface area contributed by atoms with Crippen LogP contribution in [0.2, 0.25) is 5.15 Å². The lowest BCUT2D eigenvalue weighted by Crippen LogP contribution is -2.68. The highest BCUT2D eigenvalue weighted by atomic mass is 35.5. The van der Waals surface area contributed by atoms with Gasteiger partial charge in [-0.2, -0.15) is 4.98 Å². The SMILES string of the molecule is Cc1cc([C@@H](C)Nc2ccc(Cl)nc2C(=O)O)c2nc(C34CC(c5noc(C)n5)(C3)C4)[nH]c(=O)c2c1. The maximum Gasteiger partial charge on any atom is 0.356 e. The minimum atomic E-state index is -1.19. The minimum absolute atomic E-state index is 0.0942. The molecule has 0 radical (unpaired) electrons. The van der Waals surface area contributed by atoms with Crippen LogP contribution in [0.5, 0.6) is 0 Å². The van der Waals surface area contributed by atoms with Crippen molar-refractivity contribution in [3.63, 3.8) is 0 Å². The van der Waals surface area contributed by atoms with Crippen LogP contribution >= 0.6 is 11.6 Å². The number of nitrogens with one attached hydrogen (secondary N) is 2. The molecule has 7 rings (SSSR count). The Balaban J connectivity index is 1.37. The molecule has 0 saturated heterocycles. The molecule has 3 N–H and O–H groups in total. The quantitative estimate of drug-likeness (QED) is 0.327. The Bertz CT molecular complexity index is 1610. The van der Waals surface area contributed by atoms with Crippen molar-refractivity contribution in [3.8, 4) is 0 Å². The molecule has 10 nitrogen and oxygen atoms in total. The third-order valence-electron chi connectivity index (χ3n) is 7.42. The molecule has 3 aliphatic rings. The van der Waals surface area contributed by atoms with Crippen molar-refractivity contribution in [2.75, 3.05) is 5.32 Å². The van der Waals surface area contributed by atoms with Gasteiger partial charge < -0.3 is 19.9 Å². The number of fused-ring (bicyclic) bond motifs is 1. The summed E-state index contributed by atoms with van der Waals surface area (Å²) < 4.78 is 5.17. The van der Waals surface area contributed by atoms with Gasteiger partial charge in [0.1, 0.15) is 11.0 Å². The fraction of sp³-hybridized carbons (Fsp3) is 0.360. The van der Waals surface area contributed by atoms with Crippen LogP contribution in [0.25, 0.3) is 10.9 Å². The number of carboxylic acids is 1. The van der Waals surface area contributed by atoms with E-state index in [9.17, 15) is 14.7 Å². The van der Waals surface area contributed by atoms with Crippen molar-refractivity contribution < 1.29 is 14.4 Å². The van der Waals surface area contributed by atoms with Crippen molar-refractivity contribution in [3.05, 3.63) is 74.1 Å². The summed E-state index contributed by atoms with van der Waals surface area (Å²) in [6.07, 6.45) is 2.42. The molecule has 0 spiro atoms. The number of aromatic carboxylic acids is 1. The lowest BCUT2D eigenvalue weighted by atomic mass is 9.34. The van der Waals surface area contributed by atoms with Gasteiger partial charge in [0.25, 0.3) is 5.56 Å². The summed E-state index contributed by atoms with van der Waals surface area (Å²) in [5.74, 6) is 0.751. The second-order valence-electron chi connectivity index (χ2n) is 10.1. The number of halogens is 1. The number of pyridine rings is 1. The molecule has 0 aliphatic heterocycles. The molecule has 4 aromatic rings. The normalized spacial score (nSPS) is 23.1. The highest BCUT2D eigenvalue weighted by Gasteiger charge is 2.72. The highest BCUT2D eigenvalue weighted by molar-refractivity contribution is 6.29. The lowest BCUT2D eigenvalue weighted by molar-refractivity contribution is -0.0824. The molecule has 3 heterocycles. The fourth-order valence-electron chi connectivity index (χ4n) is 5.82. The minimum Gasteiger partial charge on any atom is -0.476 e. The number of aryl methyl sites for hydroxylation is 2. The third kappa shape index (κ3) is 3.31. The third-order valence-corrected chi connectivity index (χ3v) is 7.63. The number of aromatic nitrogens is 5. The van der Waals surface area contributed by atoms with E-state index >= 15 is 0 Å². The number of rotatable bonds is 6. The number of benzene rings is 1. The number of carboxylic acid groups (broad SMARTS) is 1. The Morgan fingerprint density at radius 1 is 1.17 bits per heavy atom. The lowest BCUT2D eigenvalue weighted by Gasteiger charge is -2.68. The molecule has 3 aromatic heterocycles. The van der Waals surface area contributed by atoms with Crippen LogP contribution in [0.1, 0.15) is 71.4 Å². The molecule has 3 saturated carbocycles. The van der Waals surface area contributed by atoms with E-state index in [4.69, 9.17) is 21.1 Å². The van der Waals surface area contributed by atoms with Crippen LogP contribution in [0.4, 0.5) is 5.69 Å². The van der Waals surface area contributed by atoms with Gasteiger partial charge in [0, 0.05) is 23.3 Å². The summed E-state index contributed by atoms with van der Waals surface area (Å²) in [5.41, 5.74) is 1.93. The smallest absolute Gasteiger partial charge is 0.356 e. The average molecular weight is 507 g/mol. The predicted molar refractivity (Wildman–Crippen MR) is 132 cm³/mol. The van der Waals surface area contributed by atoms with Crippen LogP contribution in [0, 0.1) is 13.8 Å². The molecular weight excluding hydrogens is 484 g/mol. The monoisotopic (exact) mass is 506 g/mol. The summed E-state index contributed by atoms with van der Waals surface area (Å²) in [6.45, 7) is 5.58. The molecule has 0 unspecified atom stereocenters. The van der Waals surface area contributed by atoms with Gasteiger partial charge in [-0.1, -0.05) is 22.8 Å². The first-order valence-electron chi connectivity index (χ1n) is 11.6. The van der Waals surface area contributed by atoms with E-state index in [1.54, 1.807) is 13.0 Å². The van der Waals surface area contributed by atoms with Crippen LogP contribution in [0.15, 0.2) is 33.6 Å². The number of nitrogens with zero attached hydrogens (tertiary/aromatic N) is 4. The Kier molecular flexibility index (Phi) is 4.79. The van der Waals surface area contributed by atoms with Crippen LogP contribution < -0.4 is 10.9 Å². The number of hydrogen-bond acceptors (Lipinski definition) is 8. The molecule has 184 valence electrons. The zero-order valence-corrected chi connectivity index (χ0v) is 20.6. The van der Waals surface area contributed by atoms with Crippen molar-refractivity contribution in [2.45, 2.75) is 56.9 Å². The van der Waals surface area contributed by atoms with Gasteiger partial charge in [-0.25, -0.2) is 14.8 Å². The van der Waals surface area contributed by atoms with E-state index in [1.807, 2.05) is 26.0 Å². The fourth-order valence-corrected chi connectivity index (χ4v) is 5.96. The van der Waals surface area contributed by atoms with Gasteiger partial charge in [-0.15, -0.1) is 0 Å². The first-order valence-corrected chi connectivity index (χ1v) is 12.0. The van der Waals surface area contributed by atoms with Gasteiger partial charge in [0.05, 0.1) is 22.6 Å². The van der Waals surface area contributed by atoms with E-state index in [0.29, 0.717) is 28.3 Å². The van der Waals surface area contributed by atoms with E-state index in [0.717, 1.165) is 36.2 Å². The molecule has 0 amide bonds. The zero-order chi connectivity index (χ0) is 25.4. The Hall–Kier alpha value is -3.79. The maximum atomic E-state index is 13.2. The molecule has 36 heavy (non-hydrogen) atoms. The number of aromatic amines is 1. The Morgan fingerprint density at radius 2 is 1.92 bits per heavy atom. The summed E-state index contributed by atoms with van der Waals surface area (Å²) in [7, 11) is 0. The van der Waals surface area contributed by atoms with E-state index in [-0.39, 0.29) is 33.3 Å². The topological polar surface area (TPSA) is 147 Å². The molecule has 3 fully saturated rings. The van der Waals surface area contributed by atoms with Gasteiger partial charge in [-0.3, -0.25) is 4.79 Å². The van der Waals surface area contributed by atoms with Gasteiger partial charge in [0.2, 0.25) is 5.89 Å². The summed E-state index contributed by atoms with van der Waals surface area (Å²) in [6, 6.07) is 6.53. The Morgan fingerprint density at radius 3 is 2.58 bits per heavy atom. The van der Waals surface area contributed by atoms with Crippen molar-refractivity contribution >= 4 is 34.2 Å². The summed E-state index contributed by atoms with van der Waals surface area (Å²) >= 11 is 5.90. The van der Waals surface area contributed by atoms with E-state index in [1.165, 1.54) is 6.07 Å². The zero-order valence-electron chi connectivity index (χ0n) is 19.8. The summed E-state index contributed by atoms with van der Waals surface area (Å²) in [4.78, 5) is 41.2. The number of anilines is 1. The molecule has 1 atom stereocenters. The van der Waals surface area contributed by atoms with Crippen molar-refractivity contribution in [1.82, 2.24) is 25.1 Å². The molecular formula is C25H23ClN6O4. The largest absolute Gasteiger partial charge is 0.476 e. The van der Waals surface area contributed by atoms with Gasteiger partial charge in [-0.05, 0) is 56.9 Å².